The zero-order chi connectivity index (χ0) is 15.0. The van der Waals surface area contributed by atoms with Gasteiger partial charge < -0.3 is 15.4 Å². The molecule has 0 fully saturated rings. The highest BCUT2D eigenvalue weighted by atomic mass is 79.9. The summed E-state index contributed by atoms with van der Waals surface area (Å²) in [5.74, 6) is -0.364. The lowest BCUT2D eigenvalue weighted by molar-refractivity contribution is -0.121. The smallest absolute Gasteiger partial charge is 0.252 e. The van der Waals surface area contributed by atoms with E-state index in [0.29, 0.717) is 23.6 Å². The van der Waals surface area contributed by atoms with Crippen molar-refractivity contribution in [3.05, 3.63) is 28.2 Å². The van der Waals surface area contributed by atoms with Crippen LogP contribution in [0.1, 0.15) is 16.8 Å². The highest BCUT2D eigenvalue weighted by Gasteiger charge is 2.10. The van der Waals surface area contributed by atoms with Crippen LogP contribution in [-0.2, 0) is 9.53 Å². The Labute approximate surface area is 132 Å². The van der Waals surface area contributed by atoms with Gasteiger partial charge in [-0.15, -0.1) is 12.6 Å². The maximum atomic E-state index is 11.9. The lowest BCUT2D eigenvalue weighted by Crippen LogP contribution is -2.32. The van der Waals surface area contributed by atoms with Crippen LogP contribution in [0.4, 0.5) is 0 Å². The van der Waals surface area contributed by atoms with E-state index in [1.54, 1.807) is 25.3 Å². The van der Waals surface area contributed by atoms with Crippen molar-refractivity contribution in [1.82, 2.24) is 10.6 Å². The van der Waals surface area contributed by atoms with E-state index in [1.165, 1.54) is 0 Å². The first kappa shape index (κ1) is 17.0. The Kier molecular flexibility index (Phi) is 7.64. The minimum Gasteiger partial charge on any atom is -0.383 e. The molecule has 1 aromatic carbocycles. The second-order valence-corrected chi connectivity index (χ2v) is 5.41. The number of carbonyl (C=O) groups is 2. The fourth-order valence-corrected chi connectivity index (χ4v) is 2.32. The van der Waals surface area contributed by atoms with Gasteiger partial charge in [-0.05, 0) is 18.2 Å². The van der Waals surface area contributed by atoms with Crippen molar-refractivity contribution in [3.63, 3.8) is 0 Å². The van der Waals surface area contributed by atoms with Crippen molar-refractivity contribution >= 4 is 40.4 Å². The summed E-state index contributed by atoms with van der Waals surface area (Å²) in [6.45, 7) is 1.22. The number of amides is 2. The lowest BCUT2D eigenvalue weighted by Gasteiger charge is -2.08. The van der Waals surface area contributed by atoms with Crippen molar-refractivity contribution in [2.24, 2.45) is 0 Å². The number of benzene rings is 1. The van der Waals surface area contributed by atoms with Crippen LogP contribution in [0, 0.1) is 0 Å². The van der Waals surface area contributed by atoms with E-state index in [4.69, 9.17) is 4.74 Å². The normalized spacial score (nSPS) is 10.2. The Balaban J connectivity index is 2.34. The SMILES string of the molecule is COCCNC(=O)CCNC(=O)c1ccc(Br)cc1S. The second-order valence-electron chi connectivity index (χ2n) is 4.01. The molecule has 5 nitrogen and oxygen atoms in total. The summed E-state index contributed by atoms with van der Waals surface area (Å²) in [4.78, 5) is 23.9. The van der Waals surface area contributed by atoms with Crippen LogP contribution in [0.2, 0.25) is 0 Å². The number of hydrogen-bond donors (Lipinski definition) is 3. The number of nitrogens with one attached hydrogen (secondary N) is 2. The fourth-order valence-electron chi connectivity index (χ4n) is 1.46. The van der Waals surface area contributed by atoms with E-state index in [2.05, 4.69) is 39.2 Å². The van der Waals surface area contributed by atoms with Gasteiger partial charge in [-0.1, -0.05) is 15.9 Å². The van der Waals surface area contributed by atoms with Crippen LogP contribution in [0.3, 0.4) is 0 Å². The highest BCUT2D eigenvalue weighted by molar-refractivity contribution is 9.10. The van der Waals surface area contributed by atoms with Gasteiger partial charge in [0.25, 0.3) is 5.91 Å². The average molecular weight is 361 g/mol. The van der Waals surface area contributed by atoms with Crippen LogP contribution in [0.15, 0.2) is 27.6 Å². The van der Waals surface area contributed by atoms with Crippen molar-refractivity contribution in [3.8, 4) is 0 Å². The van der Waals surface area contributed by atoms with Gasteiger partial charge in [0.2, 0.25) is 5.91 Å². The van der Waals surface area contributed by atoms with Crippen LogP contribution in [-0.4, -0.2) is 38.6 Å². The quantitative estimate of drug-likeness (QED) is 0.511. The van der Waals surface area contributed by atoms with Crippen LogP contribution < -0.4 is 10.6 Å². The van der Waals surface area contributed by atoms with Crippen molar-refractivity contribution in [1.29, 1.82) is 0 Å². The number of thiol groups is 1. The topological polar surface area (TPSA) is 67.4 Å². The van der Waals surface area contributed by atoms with Crippen molar-refractivity contribution in [2.45, 2.75) is 11.3 Å². The van der Waals surface area contributed by atoms with E-state index in [0.717, 1.165) is 4.47 Å². The maximum Gasteiger partial charge on any atom is 0.252 e. The maximum absolute atomic E-state index is 11.9. The first-order valence-electron chi connectivity index (χ1n) is 6.07. The molecule has 1 aromatic rings. The monoisotopic (exact) mass is 360 g/mol. The third-order valence-corrected chi connectivity index (χ3v) is 3.33. The highest BCUT2D eigenvalue weighted by Crippen LogP contribution is 2.19. The summed E-state index contributed by atoms with van der Waals surface area (Å²) in [5.41, 5.74) is 0.483. The van der Waals surface area contributed by atoms with Crippen molar-refractivity contribution in [2.75, 3.05) is 26.8 Å². The Morgan fingerprint density at radius 3 is 2.70 bits per heavy atom. The zero-order valence-electron chi connectivity index (χ0n) is 11.1. The van der Waals surface area contributed by atoms with Gasteiger partial charge in [-0.25, -0.2) is 0 Å². The Hall–Kier alpha value is -1.05. The molecule has 0 unspecified atom stereocenters. The van der Waals surface area contributed by atoms with Crippen molar-refractivity contribution < 1.29 is 14.3 Å². The number of hydrogen-bond acceptors (Lipinski definition) is 4. The first-order chi connectivity index (χ1) is 9.54. The molecule has 7 heteroatoms. The molecule has 0 heterocycles. The largest absolute Gasteiger partial charge is 0.383 e. The van der Waals surface area contributed by atoms with E-state index in [1.807, 2.05) is 0 Å². The summed E-state index contributed by atoms with van der Waals surface area (Å²) in [6, 6.07) is 5.20. The number of halogens is 1. The van der Waals surface area contributed by atoms with Gasteiger partial charge >= 0.3 is 0 Å². The van der Waals surface area contributed by atoms with Gasteiger partial charge in [-0.2, -0.15) is 0 Å². The summed E-state index contributed by atoms with van der Waals surface area (Å²) in [6.07, 6.45) is 0.230. The van der Waals surface area contributed by atoms with Crippen LogP contribution in [0.5, 0.6) is 0 Å². The molecule has 0 atom stereocenters. The molecule has 0 bridgehead atoms. The number of methoxy groups -OCH3 is 1. The molecule has 0 aliphatic heterocycles. The van der Waals surface area contributed by atoms with Gasteiger partial charge in [0.1, 0.15) is 0 Å². The van der Waals surface area contributed by atoms with E-state index < -0.39 is 0 Å². The van der Waals surface area contributed by atoms with Gasteiger partial charge in [-0.3, -0.25) is 9.59 Å². The van der Waals surface area contributed by atoms with Gasteiger partial charge in [0.15, 0.2) is 0 Å². The van der Waals surface area contributed by atoms with Crippen LogP contribution >= 0.6 is 28.6 Å². The molecule has 2 amide bonds. The molecule has 1 rings (SSSR count). The molecule has 0 aliphatic rings. The summed E-state index contributed by atoms with van der Waals surface area (Å²) in [5, 5.41) is 5.36. The molecule has 0 radical (unpaired) electrons. The molecule has 20 heavy (non-hydrogen) atoms. The Morgan fingerprint density at radius 1 is 1.30 bits per heavy atom. The molecule has 0 saturated carbocycles. The molecular weight excluding hydrogens is 344 g/mol. The number of rotatable bonds is 7. The predicted molar refractivity (Wildman–Crippen MR) is 83.2 cm³/mol. The Morgan fingerprint density at radius 2 is 2.05 bits per heavy atom. The van der Waals surface area contributed by atoms with E-state index in [-0.39, 0.29) is 24.8 Å². The molecule has 0 saturated heterocycles. The molecular formula is C13H17BrN2O3S. The van der Waals surface area contributed by atoms with E-state index in [9.17, 15) is 9.59 Å². The first-order valence-corrected chi connectivity index (χ1v) is 7.31. The average Bonchev–Trinajstić information content (AvgIpc) is 2.38. The molecule has 0 spiro atoms. The van der Waals surface area contributed by atoms with Crippen LogP contribution in [0.25, 0.3) is 0 Å². The summed E-state index contributed by atoms with van der Waals surface area (Å²) < 4.78 is 5.68. The summed E-state index contributed by atoms with van der Waals surface area (Å²) in [7, 11) is 1.57. The molecule has 0 aromatic heterocycles. The fraction of sp³-hybridized carbons (Fsp3) is 0.385. The van der Waals surface area contributed by atoms with Gasteiger partial charge in [0, 0.05) is 36.0 Å². The molecule has 110 valence electrons. The van der Waals surface area contributed by atoms with E-state index >= 15 is 0 Å². The zero-order valence-corrected chi connectivity index (χ0v) is 13.6. The van der Waals surface area contributed by atoms with Gasteiger partial charge in [0.05, 0.1) is 12.2 Å². The Bertz CT molecular complexity index is 483. The minimum absolute atomic E-state index is 0.121. The third kappa shape index (κ3) is 5.94. The molecule has 0 aliphatic carbocycles. The molecule has 2 N–H and O–H groups in total. The second kappa shape index (κ2) is 8.99. The third-order valence-electron chi connectivity index (χ3n) is 2.47. The number of carbonyl (C=O) groups excluding carboxylic acids is 2. The lowest BCUT2D eigenvalue weighted by atomic mass is 10.2. The standard InChI is InChI=1S/C13H17BrN2O3S/c1-19-7-6-15-12(17)4-5-16-13(18)10-3-2-9(14)8-11(10)20/h2-3,8,20H,4-7H2,1H3,(H,15,17)(H,16,18). The summed E-state index contributed by atoms with van der Waals surface area (Å²) >= 11 is 7.55. The minimum atomic E-state index is -0.243. The predicted octanol–water partition coefficient (Wildman–Crippen LogP) is 1.62. The number of ether oxygens (including phenoxy) is 1.